The maximum Gasteiger partial charge on any atom is 0.259 e. The molecule has 1 aliphatic rings. The Balaban J connectivity index is 1.90. The number of carbonyl (C=O) groups excluding carboxylic acids is 2. The van der Waals surface area contributed by atoms with Crippen LogP contribution in [0.1, 0.15) is 66.0 Å². The van der Waals surface area contributed by atoms with Crippen molar-refractivity contribution in [2.45, 2.75) is 52.6 Å². The summed E-state index contributed by atoms with van der Waals surface area (Å²) >= 11 is 0. The van der Waals surface area contributed by atoms with E-state index in [2.05, 4.69) is 5.32 Å². The second kappa shape index (κ2) is 9.58. The molecule has 7 nitrogen and oxygen atoms in total. The molecule has 1 aliphatic heterocycles. The predicted molar refractivity (Wildman–Crippen MR) is 110 cm³/mol. The molecular formula is C22H29N3O4. The van der Waals surface area contributed by atoms with Gasteiger partial charge in [-0.1, -0.05) is 26.7 Å². The zero-order chi connectivity index (χ0) is 20.8. The van der Waals surface area contributed by atoms with E-state index in [1.165, 1.54) is 6.26 Å². The lowest BCUT2D eigenvalue weighted by Gasteiger charge is -2.21. The van der Waals surface area contributed by atoms with Crippen molar-refractivity contribution in [1.82, 2.24) is 14.8 Å². The van der Waals surface area contributed by atoms with Crippen LogP contribution >= 0.6 is 0 Å². The van der Waals surface area contributed by atoms with Gasteiger partial charge in [0.2, 0.25) is 5.43 Å². The van der Waals surface area contributed by atoms with Crippen LogP contribution in [0, 0.1) is 5.92 Å². The molecule has 0 bridgehead atoms. The van der Waals surface area contributed by atoms with Crippen LogP contribution in [-0.2, 0) is 13.1 Å². The first kappa shape index (κ1) is 20.9. The summed E-state index contributed by atoms with van der Waals surface area (Å²) in [6, 6.07) is 3.48. The van der Waals surface area contributed by atoms with E-state index < -0.39 is 11.3 Å². The Kier molecular flexibility index (Phi) is 6.90. The number of likely N-dealkylation sites (tertiary alicyclic amines) is 1. The monoisotopic (exact) mass is 399 g/mol. The van der Waals surface area contributed by atoms with Gasteiger partial charge >= 0.3 is 0 Å². The van der Waals surface area contributed by atoms with Crippen LogP contribution in [0.4, 0.5) is 0 Å². The van der Waals surface area contributed by atoms with Crippen LogP contribution in [0.2, 0.25) is 0 Å². The fraction of sp³-hybridized carbons (Fsp3) is 0.500. The number of nitrogens with one attached hydrogen (secondary N) is 1. The third kappa shape index (κ3) is 5.37. The molecule has 2 aromatic rings. The fourth-order valence-electron chi connectivity index (χ4n) is 3.59. The minimum atomic E-state index is -0.517. The van der Waals surface area contributed by atoms with Crippen molar-refractivity contribution in [1.29, 1.82) is 0 Å². The summed E-state index contributed by atoms with van der Waals surface area (Å²) in [5.41, 5.74) is -0.465. The fourth-order valence-corrected chi connectivity index (χ4v) is 3.59. The van der Waals surface area contributed by atoms with Gasteiger partial charge in [-0.05, 0) is 30.9 Å². The van der Waals surface area contributed by atoms with Gasteiger partial charge in [-0.2, -0.15) is 0 Å². The Morgan fingerprint density at radius 3 is 2.41 bits per heavy atom. The van der Waals surface area contributed by atoms with E-state index in [9.17, 15) is 14.4 Å². The van der Waals surface area contributed by atoms with Gasteiger partial charge in [-0.25, -0.2) is 0 Å². The van der Waals surface area contributed by atoms with Crippen LogP contribution in [0.5, 0.6) is 0 Å². The molecule has 29 heavy (non-hydrogen) atoms. The lowest BCUT2D eigenvalue weighted by atomic mass is 10.1. The number of amides is 2. The summed E-state index contributed by atoms with van der Waals surface area (Å²) in [5.74, 6) is 0.111. The number of nitrogens with zero attached hydrogens (tertiary/aromatic N) is 2. The van der Waals surface area contributed by atoms with Crippen molar-refractivity contribution in [3.63, 3.8) is 0 Å². The second-order valence-electron chi connectivity index (χ2n) is 7.97. The van der Waals surface area contributed by atoms with Crippen LogP contribution in [-0.4, -0.2) is 34.4 Å². The smallest absolute Gasteiger partial charge is 0.259 e. The standard InChI is InChI=1S/C22H29N3O4/c1-16(2)13-24-14-18(21(27)23-12-17-8-7-11-29-17)20(26)19(15-24)22(28)25-9-5-3-4-6-10-25/h7-8,11,14-16H,3-6,9-10,12-13H2,1-2H3,(H,23,27). The molecule has 0 aliphatic carbocycles. The van der Waals surface area contributed by atoms with Crippen molar-refractivity contribution in [2.24, 2.45) is 5.92 Å². The molecule has 0 unspecified atom stereocenters. The molecule has 1 saturated heterocycles. The van der Waals surface area contributed by atoms with Crippen molar-refractivity contribution < 1.29 is 14.0 Å². The quantitative estimate of drug-likeness (QED) is 0.809. The molecule has 2 aromatic heterocycles. The van der Waals surface area contributed by atoms with Crippen molar-refractivity contribution >= 4 is 11.8 Å². The van der Waals surface area contributed by atoms with Crippen LogP contribution in [0.3, 0.4) is 0 Å². The molecule has 156 valence electrons. The summed E-state index contributed by atoms with van der Waals surface area (Å²) < 4.78 is 7.00. The molecule has 0 saturated carbocycles. The highest BCUT2D eigenvalue weighted by Gasteiger charge is 2.24. The number of hydrogen-bond acceptors (Lipinski definition) is 4. The van der Waals surface area contributed by atoms with Crippen molar-refractivity contribution in [3.8, 4) is 0 Å². The zero-order valence-corrected chi connectivity index (χ0v) is 17.1. The molecule has 0 aromatic carbocycles. The van der Waals surface area contributed by atoms with E-state index in [0.29, 0.717) is 31.3 Å². The first-order valence-electron chi connectivity index (χ1n) is 10.3. The van der Waals surface area contributed by atoms with Gasteiger partial charge in [-0.3, -0.25) is 14.4 Å². The van der Waals surface area contributed by atoms with E-state index in [-0.39, 0.29) is 23.6 Å². The minimum absolute atomic E-state index is 0.0159. The van der Waals surface area contributed by atoms with E-state index in [0.717, 1.165) is 25.7 Å². The van der Waals surface area contributed by atoms with Gasteiger partial charge in [0.25, 0.3) is 11.8 Å². The van der Waals surface area contributed by atoms with Gasteiger partial charge < -0.3 is 19.2 Å². The normalized spacial score (nSPS) is 14.7. The molecule has 1 fully saturated rings. The van der Waals surface area contributed by atoms with Crippen molar-refractivity contribution in [3.05, 3.63) is 57.9 Å². The number of furan rings is 1. The predicted octanol–water partition coefficient (Wildman–Crippen LogP) is 3.04. The van der Waals surface area contributed by atoms with E-state index in [4.69, 9.17) is 4.42 Å². The second-order valence-corrected chi connectivity index (χ2v) is 7.97. The zero-order valence-electron chi connectivity index (χ0n) is 17.1. The highest BCUT2D eigenvalue weighted by Crippen LogP contribution is 2.13. The Bertz CT molecular complexity index is 891. The van der Waals surface area contributed by atoms with Crippen LogP contribution in [0.15, 0.2) is 40.0 Å². The van der Waals surface area contributed by atoms with Crippen molar-refractivity contribution in [2.75, 3.05) is 13.1 Å². The van der Waals surface area contributed by atoms with Gasteiger partial charge in [-0.15, -0.1) is 0 Å². The Hall–Kier alpha value is -2.83. The average molecular weight is 399 g/mol. The molecule has 1 N–H and O–H groups in total. The Morgan fingerprint density at radius 2 is 1.79 bits per heavy atom. The molecule has 3 heterocycles. The van der Waals surface area contributed by atoms with Crippen LogP contribution < -0.4 is 10.7 Å². The third-order valence-electron chi connectivity index (χ3n) is 5.03. The summed E-state index contributed by atoms with van der Waals surface area (Å²) in [7, 11) is 0. The number of hydrogen-bond donors (Lipinski definition) is 1. The number of aromatic nitrogens is 1. The molecule has 0 atom stereocenters. The lowest BCUT2D eigenvalue weighted by molar-refractivity contribution is 0.0759. The highest BCUT2D eigenvalue weighted by molar-refractivity contribution is 5.99. The lowest BCUT2D eigenvalue weighted by Crippen LogP contribution is -2.38. The summed E-state index contributed by atoms with van der Waals surface area (Å²) in [5, 5.41) is 2.71. The maximum atomic E-state index is 13.1. The third-order valence-corrected chi connectivity index (χ3v) is 5.03. The van der Waals surface area contributed by atoms with Gasteiger partial charge in [0.15, 0.2) is 0 Å². The summed E-state index contributed by atoms with van der Waals surface area (Å²) in [4.78, 5) is 40.6. The summed E-state index contributed by atoms with van der Waals surface area (Å²) in [6.07, 6.45) is 8.73. The topological polar surface area (TPSA) is 84.5 Å². The number of rotatable bonds is 6. The van der Waals surface area contributed by atoms with Gasteiger partial charge in [0.05, 0.1) is 12.8 Å². The Morgan fingerprint density at radius 1 is 1.10 bits per heavy atom. The molecule has 0 radical (unpaired) electrons. The molecular weight excluding hydrogens is 370 g/mol. The molecule has 3 rings (SSSR count). The molecule has 7 heteroatoms. The molecule has 0 spiro atoms. The van der Waals surface area contributed by atoms with E-state index in [1.807, 2.05) is 13.8 Å². The first-order chi connectivity index (χ1) is 14.0. The largest absolute Gasteiger partial charge is 0.467 e. The average Bonchev–Trinajstić information content (AvgIpc) is 3.06. The summed E-state index contributed by atoms with van der Waals surface area (Å²) in [6.45, 7) is 6.18. The van der Waals surface area contributed by atoms with Gasteiger partial charge in [0, 0.05) is 32.0 Å². The highest BCUT2D eigenvalue weighted by atomic mass is 16.3. The minimum Gasteiger partial charge on any atom is -0.467 e. The van der Waals surface area contributed by atoms with E-state index in [1.54, 1.807) is 34.0 Å². The number of pyridine rings is 1. The first-order valence-corrected chi connectivity index (χ1v) is 10.3. The SMILES string of the molecule is CC(C)Cn1cc(C(=O)NCc2ccco2)c(=O)c(C(=O)N2CCCCCC2)c1. The maximum absolute atomic E-state index is 13.1. The van der Waals surface area contributed by atoms with E-state index >= 15 is 0 Å². The molecule has 2 amide bonds. The Labute approximate surface area is 170 Å². The van der Waals surface area contributed by atoms with Gasteiger partial charge in [0.1, 0.15) is 16.9 Å². The number of carbonyl (C=O) groups is 2. The van der Waals surface area contributed by atoms with Crippen LogP contribution in [0.25, 0.3) is 0 Å².